The van der Waals surface area contributed by atoms with E-state index >= 15 is 0 Å². The molecule has 1 amide bonds. The quantitative estimate of drug-likeness (QED) is 0.263. The first-order valence-corrected chi connectivity index (χ1v) is 10.5. The zero-order chi connectivity index (χ0) is 24.0. The molecule has 0 aliphatic rings. The van der Waals surface area contributed by atoms with Crippen LogP contribution in [-0.4, -0.2) is 29.4 Å². The highest BCUT2D eigenvalue weighted by atomic mass is 16.4. The van der Waals surface area contributed by atoms with Gasteiger partial charge in [0.25, 0.3) is 5.91 Å². The number of carboxylic acids is 1. The van der Waals surface area contributed by atoms with Crippen molar-refractivity contribution in [1.29, 1.82) is 5.41 Å². The Bertz CT molecular complexity index is 1270. The summed E-state index contributed by atoms with van der Waals surface area (Å²) in [6.45, 7) is 4.48. The Kier molecular flexibility index (Phi) is 7.27. The summed E-state index contributed by atoms with van der Waals surface area (Å²) in [4.78, 5) is 24.4. The van der Waals surface area contributed by atoms with Gasteiger partial charge in [0, 0.05) is 28.8 Å². The third kappa shape index (κ3) is 5.86. The SMILES string of the molecule is CC(C)CNC(=O)c1ccc(-c2ccccc2C#Cc2ccc(C(=N)N)cc2)c(C(=O)O)c1. The molecule has 0 fully saturated rings. The molecule has 0 spiro atoms. The number of nitrogens with two attached hydrogens (primary N) is 1. The zero-order valence-electron chi connectivity index (χ0n) is 18.5. The van der Waals surface area contributed by atoms with Crippen molar-refractivity contribution in [2.75, 3.05) is 6.54 Å². The Morgan fingerprint density at radius 3 is 2.27 bits per heavy atom. The average molecular weight is 440 g/mol. The molecule has 6 nitrogen and oxygen atoms in total. The van der Waals surface area contributed by atoms with Crippen LogP contribution in [-0.2, 0) is 0 Å². The summed E-state index contributed by atoms with van der Waals surface area (Å²) in [6, 6.07) is 19.0. The van der Waals surface area contributed by atoms with Crippen molar-refractivity contribution < 1.29 is 14.7 Å². The standard InChI is InChI=1S/C27H25N3O3/c1-17(2)16-30-26(31)21-13-14-23(24(15-21)27(32)33)22-6-4-3-5-19(22)10-7-18-8-11-20(12-9-18)25(28)29/h3-6,8-9,11-15,17H,16H2,1-2H3,(H3,28,29)(H,30,31)(H,32,33). The Hall–Kier alpha value is -4.37. The monoisotopic (exact) mass is 439 g/mol. The second kappa shape index (κ2) is 10.3. The maximum absolute atomic E-state index is 12.4. The molecule has 5 N–H and O–H groups in total. The highest BCUT2D eigenvalue weighted by molar-refractivity contribution is 6.02. The van der Waals surface area contributed by atoms with Crippen LogP contribution in [0.2, 0.25) is 0 Å². The van der Waals surface area contributed by atoms with Crippen LogP contribution in [0, 0.1) is 23.2 Å². The van der Waals surface area contributed by atoms with Crippen LogP contribution in [0.15, 0.2) is 66.7 Å². The Morgan fingerprint density at radius 2 is 1.64 bits per heavy atom. The summed E-state index contributed by atoms with van der Waals surface area (Å²) in [5, 5.41) is 20.1. The topological polar surface area (TPSA) is 116 Å². The molecule has 0 aliphatic carbocycles. The van der Waals surface area contributed by atoms with Gasteiger partial charge in [0.15, 0.2) is 0 Å². The second-order valence-electron chi connectivity index (χ2n) is 7.96. The van der Waals surface area contributed by atoms with Gasteiger partial charge in [0.2, 0.25) is 0 Å². The fourth-order valence-electron chi connectivity index (χ4n) is 3.20. The molecule has 0 unspecified atom stereocenters. The van der Waals surface area contributed by atoms with Crippen LogP contribution in [0.3, 0.4) is 0 Å². The molecule has 3 aromatic rings. The first kappa shape index (κ1) is 23.3. The highest BCUT2D eigenvalue weighted by Crippen LogP contribution is 2.28. The Balaban J connectivity index is 1.98. The van der Waals surface area contributed by atoms with E-state index in [-0.39, 0.29) is 23.2 Å². The van der Waals surface area contributed by atoms with Gasteiger partial charge in [-0.1, -0.05) is 62.1 Å². The van der Waals surface area contributed by atoms with Crippen molar-refractivity contribution in [2.24, 2.45) is 11.7 Å². The second-order valence-corrected chi connectivity index (χ2v) is 7.96. The van der Waals surface area contributed by atoms with Crippen LogP contribution in [0.5, 0.6) is 0 Å². The van der Waals surface area contributed by atoms with Crippen LogP contribution in [0.25, 0.3) is 11.1 Å². The summed E-state index contributed by atoms with van der Waals surface area (Å²) < 4.78 is 0. The summed E-state index contributed by atoms with van der Waals surface area (Å²) in [5.41, 5.74) is 8.98. The van der Waals surface area contributed by atoms with Crippen molar-refractivity contribution in [2.45, 2.75) is 13.8 Å². The third-order valence-corrected chi connectivity index (χ3v) is 4.94. The summed E-state index contributed by atoms with van der Waals surface area (Å²) in [7, 11) is 0. The van der Waals surface area contributed by atoms with Gasteiger partial charge in [-0.2, -0.15) is 0 Å². The van der Waals surface area contributed by atoms with E-state index < -0.39 is 5.97 Å². The molecule has 0 aromatic heterocycles. The lowest BCUT2D eigenvalue weighted by atomic mass is 9.93. The van der Waals surface area contributed by atoms with Gasteiger partial charge in [0.1, 0.15) is 5.84 Å². The normalized spacial score (nSPS) is 10.3. The van der Waals surface area contributed by atoms with E-state index in [0.717, 1.165) is 5.56 Å². The smallest absolute Gasteiger partial charge is 0.336 e. The maximum Gasteiger partial charge on any atom is 0.336 e. The first-order valence-electron chi connectivity index (χ1n) is 10.5. The molecule has 0 saturated heterocycles. The fourth-order valence-corrected chi connectivity index (χ4v) is 3.20. The van der Waals surface area contributed by atoms with E-state index in [0.29, 0.717) is 34.4 Å². The molecule has 0 bridgehead atoms. The molecule has 166 valence electrons. The van der Waals surface area contributed by atoms with Gasteiger partial charge in [0.05, 0.1) is 5.56 Å². The van der Waals surface area contributed by atoms with Crippen molar-refractivity contribution in [1.82, 2.24) is 5.32 Å². The molecule has 0 heterocycles. The van der Waals surface area contributed by atoms with Gasteiger partial charge in [-0.05, 0) is 47.4 Å². The number of nitrogen functional groups attached to an aromatic ring is 1. The zero-order valence-corrected chi connectivity index (χ0v) is 18.5. The lowest BCUT2D eigenvalue weighted by Crippen LogP contribution is -2.27. The van der Waals surface area contributed by atoms with Crippen molar-refractivity contribution in [3.8, 4) is 23.0 Å². The predicted octanol–water partition coefficient (Wildman–Crippen LogP) is 4.12. The maximum atomic E-state index is 12.4. The summed E-state index contributed by atoms with van der Waals surface area (Å²) in [6.07, 6.45) is 0. The van der Waals surface area contributed by atoms with Crippen molar-refractivity contribution in [3.05, 3.63) is 94.5 Å². The van der Waals surface area contributed by atoms with Crippen molar-refractivity contribution >= 4 is 17.7 Å². The Labute approximate surface area is 193 Å². The van der Waals surface area contributed by atoms with Crippen LogP contribution >= 0.6 is 0 Å². The number of amides is 1. The van der Waals surface area contributed by atoms with E-state index in [2.05, 4.69) is 17.2 Å². The number of hydrogen-bond donors (Lipinski definition) is 4. The largest absolute Gasteiger partial charge is 0.478 e. The van der Waals surface area contributed by atoms with E-state index in [1.54, 1.807) is 36.4 Å². The Morgan fingerprint density at radius 1 is 0.970 bits per heavy atom. The fraction of sp³-hybridized carbons (Fsp3) is 0.148. The van der Waals surface area contributed by atoms with E-state index in [9.17, 15) is 14.7 Å². The molecule has 0 aliphatic heterocycles. The van der Waals surface area contributed by atoms with Crippen LogP contribution in [0.4, 0.5) is 0 Å². The minimum Gasteiger partial charge on any atom is -0.478 e. The molecule has 3 rings (SSSR count). The van der Waals surface area contributed by atoms with Gasteiger partial charge in [-0.15, -0.1) is 0 Å². The molecule has 0 atom stereocenters. The summed E-state index contributed by atoms with van der Waals surface area (Å²) >= 11 is 0. The molecule has 0 radical (unpaired) electrons. The van der Waals surface area contributed by atoms with Crippen LogP contribution in [0.1, 0.15) is 51.3 Å². The lowest BCUT2D eigenvalue weighted by molar-refractivity contribution is 0.0697. The average Bonchev–Trinajstić information content (AvgIpc) is 2.81. The molecular weight excluding hydrogens is 414 g/mol. The minimum atomic E-state index is -1.12. The molecule has 3 aromatic carbocycles. The van der Waals surface area contributed by atoms with Crippen LogP contribution < -0.4 is 11.1 Å². The van der Waals surface area contributed by atoms with Gasteiger partial charge in [-0.3, -0.25) is 10.2 Å². The molecule has 0 saturated carbocycles. The number of nitrogens with one attached hydrogen (secondary N) is 2. The number of aromatic carboxylic acids is 1. The number of hydrogen-bond acceptors (Lipinski definition) is 3. The predicted molar refractivity (Wildman–Crippen MR) is 129 cm³/mol. The van der Waals surface area contributed by atoms with Crippen molar-refractivity contribution in [3.63, 3.8) is 0 Å². The van der Waals surface area contributed by atoms with E-state index in [1.165, 1.54) is 6.07 Å². The minimum absolute atomic E-state index is 0.0117. The number of carboxylic acid groups (broad SMARTS) is 1. The number of benzene rings is 3. The first-order chi connectivity index (χ1) is 15.8. The number of carbonyl (C=O) groups is 2. The van der Waals surface area contributed by atoms with Gasteiger partial charge in [-0.25, -0.2) is 4.79 Å². The molecular formula is C27H25N3O3. The van der Waals surface area contributed by atoms with E-state index in [1.807, 2.05) is 38.1 Å². The number of amidine groups is 1. The summed E-state index contributed by atoms with van der Waals surface area (Å²) in [5.74, 6) is 5.03. The molecule has 33 heavy (non-hydrogen) atoms. The van der Waals surface area contributed by atoms with E-state index in [4.69, 9.17) is 11.1 Å². The highest BCUT2D eigenvalue weighted by Gasteiger charge is 2.17. The number of rotatable bonds is 6. The third-order valence-electron chi connectivity index (χ3n) is 4.94. The van der Waals surface area contributed by atoms with Gasteiger partial charge >= 0.3 is 5.97 Å². The lowest BCUT2D eigenvalue weighted by Gasteiger charge is -2.12. The van der Waals surface area contributed by atoms with Gasteiger partial charge < -0.3 is 16.2 Å². The molecule has 6 heteroatoms. The number of carbonyl (C=O) groups excluding carboxylic acids is 1.